The Morgan fingerprint density at radius 1 is 1.13 bits per heavy atom. The van der Waals surface area contributed by atoms with Gasteiger partial charge in [-0.3, -0.25) is 4.79 Å². The van der Waals surface area contributed by atoms with Gasteiger partial charge < -0.3 is 9.47 Å². The molecule has 164 valence electrons. The first kappa shape index (κ1) is 23.0. The molecular weight excluding hydrogens is 440 g/mol. The molecule has 0 bridgehead atoms. The smallest absolute Gasteiger partial charge is 0.307 e. The maximum absolute atomic E-state index is 12.3. The Labute approximate surface area is 186 Å². The third-order valence-electron chi connectivity index (χ3n) is 4.45. The second-order valence-electron chi connectivity index (χ2n) is 6.85. The van der Waals surface area contributed by atoms with Crippen LogP contribution in [0, 0.1) is 6.92 Å². The molecule has 0 amide bonds. The van der Waals surface area contributed by atoms with Crippen LogP contribution in [0.15, 0.2) is 53.4 Å². The number of sulfonamides is 1. The molecule has 0 aliphatic heterocycles. The molecule has 1 aromatic heterocycles. The van der Waals surface area contributed by atoms with E-state index in [1.807, 2.05) is 38.1 Å². The number of aromatic nitrogens is 1. The molecule has 3 aromatic rings. The molecule has 2 aromatic carbocycles. The van der Waals surface area contributed by atoms with Crippen LogP contribution in [0.4, 0.5) is 0 Å². The first-order valence-electron chi connectivity index (χ1n) is 9.72. The maximum Gasteiger partial charge on any atom is 0.307 e. The largest absolute Gasteiger partial charge is 0.494 e. The van der Waals surface area contributed by atoms with Gasteiger partial charge in [-0.15, -0.1) is 0 Å². The van der Waals surface area contributed by atoms with E-state index in [-0.39, 0.29) is 29.6 Å². The number of hydrogen-bond donors (Lipinski definition) is 1. The van der Waals surface area contributed by atoms with Crippen LogP contribution in [-0.4, -0.2) is 32.5 Å². The van der Waals surface area contributed by atoms with Crippen LogP contribution >= 0.6 is 11.6 Å². The van der Waals surface area contributed by atoms with Gasteiger partial charge in [-0.1, -0.05) is 23.7 Å². The van der Waals surface area contributed by atoms with Crippen molar-refractivity contribution in [3.63, 3.8) is 0 Å². The van der Waals surface area contributed by atoms with E-state index in [2.05, 4.69) is 9.71 Å². The zero-order valence-electron chi connectivity index (χ0n) is 17.2. The number of rotatable bonds is 9. The summed E-state index contributed by atoms with van der Waals surface area (Å²) in [6, 6.07) is 13.7. The molecule has 7 nitrogen and oxygen atoms in total. The number of nitrogens with one attached hydrogen (secondary N) is 1. The number of ether oxygens (including phenoxy) is 2. The molecule has 31 heavy (non-hydrogen) atoms. The van der Waals surface area contributed by atoms with Crippen LogP contribution in [0.5, 0.6) is 5.75 Å². The van der Waals surface area contributed by atoms with Gasteiger partial charge in [0, 0.05) is 17.5 Å². The van der Waals surface area contributed by atoms with Gasteiger partial charge in [0.15, 0.2) is 0 Å². The van der Waals surface area contributed by atoms with Crippen molar-refractivity contribution in [3.8, 4) is 5.75 Å². The van der Waals surface area contributed by atoms with Crippen LogP contribution < -0.4 is 9.46 Å². The lowest BCUT2D eigenvalue weighted by Crippen LogP contribution is -2.26. The highest BCUT2D eigenvalue weighted by atomic mass is 35.5. The van der Waals surface area contributed by atoms with E-state index in [4.69, 9.17) is 21.1 Å². The fraction of sp³-hybridized carbons (Fsp3) is 0.273. The number of fused-ring (bicyclic) bond motifs is 1. The molecule has 0 aliphatic carbocycles. The Balaban J connectivity index is 1.51. The second kappa shape index (κ2) is 10.1. The molecule has 0 unspecified atom stereocenters. The van der Waals surface area contributed by atoms with Crippen LogP contribution in [-0.2, 0) is 26.2 Å². The molecule has 1 heterocycles. The molecule has 0 spiro atoms. The average Bonchev–Trinajstić information content (AvgIpc) is 2.73. The van der Waals surface area contributed by atoms with E-state index in [0.717, 1.165) is 16.5 Å². The van der Waals surface area contributed by atoms with Crippen LogP contribution in [0.2, 0.25) is 5.15 Å². The lowest BCUT2D eigenvalue weighted by atomic mass is 10.1. The van der Waals surface area contributed by atoms with Crippen LogP contribution in [0.3, 0.4) is 0 Å². The van der Waals surface area contributed by atoms with Gasteiger partial charge in [-0.25, -0.2) is 18.1 Å². The molecule has 1 N–H and O–H groups in total. The van der Waals surface area contributed by atoms with Crippen LogP contribution in [0.1, 0.15) is 24.5 Å². The van der Waals surface area contributed by atoms with Gasteiger partial charge in [0.25, 0.3) is 0 Å². The number of pyridine rings is 1. The van der Waals surface area contributed by atoms with Crippen molar-refractivity contribution >= 4 is 38.5 Å². The average molecular weight is 463 g/mol. The van der Waals surface area contributed by atoms with Crippen molar-refractivity contribution in [2.75, 3.05) is 13.2 Å². The molecule has 3 rings (SSSR count). The van der Waals surface area contributed by atoms with E-state index in [0.29, 0.717) is 17.9 Å². The van der Waals surface area contributed by atoms with Gasteiger partial charge in [-0.2, -0.15) is 0 Å². The topological polar surface area (TPSA) is 94.6 Å². The summed E-state index contributed by atoms with van der Waals surface area (Å²) in [5.74, 6) is 0.0384. The summed E-state index contributed by atoms with van der Waals surface area (Å²) < 4.78 is 37.6. The monoisotopic (exact) mass is 462 g/mol. The lowest BCUT2D eigenvalue weighted by Gasteiger charge is -2.09. The first-order valence-corrected chi connectivity index (χ1v) is 11.6. The molecule has 0 fully saturated rings. The summed E-state index contributed by atoms with van der Waals surface area (Å²) in [7, 11) is -3.73. The normalized spacial score (nSPS) is 11.5. The van der Waals surface area contributed by atoms with Crippen LogP contribution in [0.25, 0.3) is 10.9 Å². The predicted octanol–water partition coefficient (Wildman–Crippen LogP) is 4.01. The Bertz CT molecular complexity index is 1180. The lowest BCUT2D eigenvalue weighted by molar-refractivity contribution is -0.144. The third kappa shape index (κ3) is 6.16. The number of nitrogens with zero attached hydrogens (tertiary/aromatic N) is 1. The zero-order valence-corrected chi connectivity index (χ0v) is 18.8. The Kier molecular flexibility index (Phi) is 7.48. The van der Waals surface area contributed by atoms with E-state index in [1.54, 1.807) is 12.1 Å². The summed E-state index contributed by atoms with van der Waals surface area (Å²) in [6.07, 6.45) is -0.117. The van der Waals surface area contributed by atoms with Gasteiger partial charge in [0.2, 0.25) is 10.0 Å². The molecule has 0 saturated carbocycles. The number of halogens is 1. The highest BCUT2D eigenvalue weighted by Crippen LogP contribution is 2.22. The molecular formula is C22H23ClN2O5S. The minimum absolute atomic E-state index is 0.0415. The van der Waals surface area contributed by atoms with Gasteiger partial charge in [0.1, 0.15) is 17.5 Å². The third-order valence-corrected chi connectivity index (χ3v) is 6.26. The number of benzene rings is 2. The summed E-state index contributed by atoms with van der Waals surface area (Å²) in [6.45, 7) is 4.18. The standard InChI is InChI=1S/C22H23ClN2O5S/c1-3-29-18-6-8-19(9-7-18)31(27,28)24-11-10-21(26)30-14-17-13-16-5-4-15(2)12-20(16)25-22(17)23/h4-9,12-13,24H,3,10-11,14H2,1-2H3. The highest BCUT2D eigenvalue weighted by molar-refractivity contribution is 7.89. The fourth-order valence-corrected chi connectivity index (χ4v) is 4.11. The Hall–Kier alpha value is -2.68. The van der Waals surface area contributed by atoms with Gasteiger partial charge >= 0.3 is 5.97 Å². The SMILES string of the molecule is CCOc1ccc(S(=O)(=O)NCCC(=O)OCc2cc3ccc(C)cc3nc2Cl)cc1. The molecule has 0 radical (unpaired) electrons. The van der Waals surface area contributed by atoms with Gasteiger partial charge in [-0.05, 0) is 55.8 Å². The number of carbonyl (C=O) groups excluding carboxylic acids is 1. The molecule has 0 aliphatic rings. The highest BCUT2D eigenvalue weighted by Gasteiger charge is 2.15. The van der Waals surface area contributed by atoms with E-state index in [1.165, 1.54) is 12.1 Å². The fourth-order valence-electron chi connectivity index (χ4n) is 2.88. The molecule has 0 atom stereocenters. The van der Waals surface area contributed by atoms with Crippen molar-refractivity contribution in [2.45, 2.75) is 31.8 Å². The Morgan fingerprint density at radius 2 is 1.87 bits per heavy atom. The van der Waals surface area contributed by atoms with E-state index < -0.39 is 16.0 Å². The Morgan fingerprint density at radius 3 is 2.58 bits per heavy atom. The van der Waals surface area contributed by atoms with Gasteiger partial charge in [0.05, 0.1) is 23.4 Å². The van der Waals surface area contributed by atoms with Crippen molar-refractivity contribution in [1.82, 2.24) is 9.71 Å². The number of esters is 1. The first-order chi connectivity index (χ1) is 14.8. The molecule has 0 saturated heterocycles. The quantitative estimate of drug-likeness (QED) is 0.381. The number of hydrogen-bond acceptors (Lipinski definition) is 6. The van der Waals surface area contributed by atoms with Crippen molar-refractivity contribution in [3.05, 3.63) is 64.8 Å². The molecule has 9 heteroatoms. The van der Waals surface area contributed by atoms with E-state index >= 15 is 0 Å². The summed E-state index contributed by atoms with van der Waals surface area (Å²) in [5, 5.41) is 1.16. The van der Waals surface area contributed by atoms with Crippen molar-refractivity contribution in [2.24, 2.45) is 0 Å². The number of carbonyl (C=O) groups is 1. The van der Waals surface area contributed by atoms with Crippen molar-refractivity contribution < 1.29 is 22.7 Å². The summed E-state index contributed by atoms with van der Waals surface area (Å²) >= 11 is 6.20. The minimum Gasteiger partial charge on any atom is -0.494 e. The van der Waals surface area contributed by atoms with E-state index in [9.17, 15) is 13.2 Å². The van der Waals surface area contributed by atoms with Crippen molar-refractivity contribution in [1.29, 1.82) is 0 Å². The number of aryl methyl sites for hydroxylation is 1. The minimum atomic E-state index is -3.73. The predicted molar refractivity (Wildman–Crippen MR) is 119 cm³/mol. The summed E-state index contributed by atoms with van der Waals surface area (Å²) in [5.41, 5.74) is 2.42. The summed E-state index contributed by atoms with van der Waals surface area (Å²) in [4.78, 5) is 16.5. The zero-order chi connectivity index (χ0) is 22.4. The maximum atomic E-state index is 12.3. The second-order valence-corrected chi connectivity index (χ2v) is 8.97.